The zero-order valence-corrected chi connectivity index (χ0v) is 18.4. The van der Waals surface area contributed by atoms with Gasteiger partial charge in [0.05, 0.1) is 18.8 Å². The summed E-state index contributed by atoms with van der Waals surface area (Å²) in [6, 6.07) is 6.52. The fraction of sp³-hybridized carbons (Fsp3) is 0.375. The molecule has 1 aromatic carbocycles. The van der Waals surface area contributed by atoms with E-state index in [1.54, 1.807) is 29.2 Å². The minimum Gasteiger partial charge on any atom is -0.512 e. The van der Waals surface area contributed by atoms with Gasteiger partial charge in [-0.1, -0.05) is 30.9 Å². The molecule has 2 heterocycles. The molecule has 4 amide bonds. The topological polar surface area (TPSA) is 102 Å². The van der Waals surface area contributed by atoms with Crippen LogP contribution >= 0.6 is 0 Å². The van der Waals surface area contributed by atoms with E-state index in [2.05, 4.69) is 22.5 Å². The van der Waals surface area contributed by atoms with Gasteiger partial charge in [0, 0.05) is 23.6 Å². The summed E-state index contributed by atoms with van der Waals surface area (Å²) in [5.74, 6) is 5.51. The Hall–Kier alpha value is -3.57. The van der Waals surface area contributed by atoms with E-state index in [9.17, 15) is 19.5 Å². The van der Waals surface area contributed by atoms with Crippen molar-refractivity contribution in [2.75, 3.05) is 33.7 Å². The fourth-order valence-corrected chi connectivity index (χ4v) is 4.26. The van der Waals surface area contributed by atoms with E-state index in [-0.39, 0.29) is 24.1 Å². The second kappa shape index (κ2) is 8.17. The van der Waals surface area contributed by atoms with Crippen LogP contribution in [0.4, 0.5) is 4.79 Å². The van der Waals surface area contributed by atoms with E-state index in [0.29, 0.717) is 30.6 Å². The lowest BCUT2D eigenvalue weighted by Crippen LogP contribution is -2.53. The Morgan fingerprint density at radius 1 is 1.22 bits per heavy atom. The molecule has 1 aromatic rings. The smallest absolute Gasteiger partial charge is 0.322 e. The third-order valence-corrected chi connectivity index (χ3v) is 6.01. The van der Waals surface area contributed by atoms with E-state index in [0.717, 1.165) is 11.1 Å². The summed E-state index contributed by atoms with van der Waals surface area (Å²) in [4.78, 5) is 41.5. The number of hydrogen-bond acceptors (Lipinski definition) is 5. The van der Waals surface area contributed by atoms with Gasteiger partial charge in [-0.15, -0.1) is 0 Å². The number of hydrogen-bond donors (Lipinski definition) is 3. The number of benzene rings is 1. The first-order chi connectivity index (χ1) is 15.2. The largest absolute Gasteiger partial charge is 0.512 e. The van der Waals surface area contributed by atoms with Crippen LogP contribution in [0.1, 0.15) is 24.5 Å². The van der Waals surface area contributed by atoms with Crippen molar-refractivity contribution in [2.24, 2.45) is 5.92 Å². The number of nitrogens with zero attached hydrogens (tertiary/aromatic N) is 2. The van der Waals surface area contributed by atoms with Crippen LogP contribution in [0.15, 0.2) is 47.2 Å². The number of aliphatic hydroxyl groups excluding tert-OH is 1. The number of nitrogens with one attached hydrogen (secondary N) is 2. The zero-order valence-electron chi connectivity index (χ0n) is 18.4. The number of rotatable bonds is 4. The summed E-state index contributed by atoms with van der Waals surface area (Å²) in [7, 11) is 3.88. The summed E-state index contributed by atoms with van der Waals surface area (Å²) in [6.07, 6.45) is 2.11. The van der Waals surface area contributed by atoms with Crippen LogP contribution < -0.4 is 10.6 Å². The molecule has 4 rings (SSSR count). The maximum Gasteiger partial charge on any atom is 0.322 e. The van der Waals surface area contributed by atoms with Crippen LogP contribution in [0, 0.1) is 17.8 Å². The van der Waals surface area contributed by atoms with Gasteiger partial charge in [-0.3, -0.25) is 19.8 Å². The van der Waals surface area contributed by atoms with Crippen molar-refractivity contribution < 1.29 is 19.5 Å². The average Bonchev–Trinajstić information content (AvgIpc) is 3.18. The molecule has 0 radical (unpaired) electrons. The quantitative estimate of drug-likeness (QED) is 0.489. The number of amides is 4. The van der Waals surface area contributed by atoms with Gasteiger partial charge in [0.2, 0.25) is 0 Å². The van der Waals surface area contributed by atoms with E-state index < -0.39 is 17.5 Å². The standard InChI is InChI=1S/C24H26N4O4/c1-15-11-17-13-28(21(30)19(17)12-20(15)29)14-24(22(31)25-23(32)26-24)18-8-6-16(7-9-18)5-4-10-27(2)3/h6-9,12,15,29H,10-11,13-14H2,1-3H3,(H2,25,26,31,32)/t15?,24-/m0/s1. The van der Waals surface area contributed by atoms with Crippen molar-refractivity contribution in [3.05, 3.63) is 58.4 Å². The Morgan fingerprint density at radius 3 is 2.56 bits per heavy atom. The molecule has 3 aliphatic rings. The van der Waals surface area contributed by atoms with Gasteiger partial charge in [0.15, 0.2) is 5.54 Å². The average molecular weight is 434 g/mol. The lowest BCUT2D eigenvalue weighted by molar-refractivity contribution is -0.129. The van der Waals surface area contributed by atoms with Gasteiger partial charge in [0.25, 0.3) is 11.8 Å². The minimum atomic E-state index is -1.39. The predicted octanol–water partition coefficient (Wildman–Crippen LogP) is 1.25. The summed E-state index contributed by atoms with van der Waals surface area (Å²) in [5.41, 5.74) is 1.38. The predicted molar refractivity (Wildman–Crippen MR) is 118 cm³/mol. The number of carbonyl (C=O) groups is 3. The van der Waals surface area contributed by atoms with E-state index in [1.807, 2.05) is 25.9 Å². The molecule has 2 atom stereocenters. The Morgan fingerprint density at radius 2 is 1.94 bits per heavy atom. The fourth-order valence-electron chi connectivity index (χ4n) is 4.26. The summed E-state index contributed by atoms with van der Waals surface area (Å²) >= 11 is 0. The van der Waals surface area contributed by atoms with Gasteiger partial charge in [-0.05, 0) is 49.9 Å². The SMILES string of the molecule is CC1CC2=C(C=C1O)C(=O)N(C[C@@]1(c3ccc(C#CCN(C)C)cc3)NC(=O)NC1=O)C2. The molecular weight excluding hydrogens is 408 g/mol. The second-order valence-electron chi connectivity index (χ2n) is 8.78. The molecule has 1 fully saturated rings. The molecule has 0 saturated carbocycles. The third-order valence-electron chi connectivity index (χ3n) is 6.01. The van der Waals surface area contributed by atoms with Crippen LogP contribution in [0.5, 0.6) is 0 Å². The van der Waals surface area contributed by atoms with Crippen LogP contribution in [0.25, 0.3) is 0 Å². The van der Waals surface area contributed by atoms with Crippen LogP contribution in [-0.4, -0.2) is 66.5 Å². The van der Waals surface area contributed by atoms with Crippen molar-refractivity contribution in [3.63, 3.8) is 0 Å². The molecule has 0 bridgehead atoms. The van der Waals surface area contributed by atoms with Gasteiger partial charge in [-0.2, -0.15) is 0 Å². The van der Waals surface area contributed by atoms with Gasteiger partial charge in [0.1, 0.15) is 0 Å². The number of imide groups is 1. The monoisotopic (exact) mass is 434 g/mol. The van der Waals surface area contributed by atoms with Crippen molar-refractivity contribution in [1.82, 2.24) is 20.4 Å². The molecule has 166 valence electrons. The number of aliphatic hydroxyl groups is 1. The summed E-state index contributed by atoms with van der Waals surface area (Å²) in [6.45, 7) is 2.88. The molecule has 8 heteroatoms. The molecule has 8 nitrogen and oxygen atoms in total. The maximum absolute atomic E-state index is 13.0. The zero-order chi connectivity index (χ0) is 23.0. The Kier molecular flexibility index (Phi) is 5.53. The molecule has 2 aliphatic heterocycles. The van der Waals surface area contributed by atoms with Crippen LogP contribution in [-0.2, 0) is 15.1 Å². The van der Waals surface area contributed by atoms with E-state index >= 15 is 0 Å². The third kappa shape index (κ3) is 3.87. The highest BCUT2D eigenvalue weighted by Crippen LogP contribution is 2.36. The number of allylic oxidation sites excluding steroid dienone is 1. The van der Waals surface area contributed by atoms with Gasteiger partial charge in [-0.25, -0.2) is 4.79 Å². The summed E-state index contributed by atoms with van der Waals surface area (Å²) < 4.78 is 0. The molecule has 0 aromatic heterocycles. The highest BCUT2D eigenvalue weighted by Gasteiger charge is 2.50. The first-order valence-electron chi connectivity index (χ1n) is 10.5. The lowest BCUT2D eigenvalue weighted by Gasteiger charge is -2.31. The Balaban J connectivity index is 1.60. The second-order valence-corrected chi connectivity index (χ2v) is 8.78. The number of urea groups is 1. The van der Waals surface area contributed by atoms with Gasteiger partial charge >= 0.3 is 6.03 Å². The molecule has 1 saturated heterocycles. The molecular formula is C24H26N4O4. The highest BCUT2D eigenvalue weighted by atomic mass is 16.3. The molecule has 3 N–H and O–H groups in total. The number of carbonyl (C=O) groups excluding carboxylic acids is 3. The normalized spacial score (nSPS) is 24.8. The van der Waals surface area contributed by atoms with E-state index in [4.69, 9.17) is 0 Å². The molecule has 1 aliphatic carbocycles. The van der Waals surface area contributed by atoms with Crippen LogP contribution in [0.3, 0.4) is 0 Å². The Bertz CT molecular complexity index is 1110. The maximum atomic E-state index is 13.0. The van der Waals surface area contributed by atoms with E-state index in [1.165, 1.54) is 6.08 Å². The minimum absolute atomic E-state index is 0.00888. The molecule has 1 unspecified atom stereocenters. The first-order valence-corrected chi connectivity index (χ1v) is 10.5. The van der Waals surface area contributed by atoms with Gasteiger partial charge < -0.3 is 15.3 Å². The summed E-state index contributed by atoms with van der Waals surface area (Å²) in [5, 5.41) is 15.1. The highest BCUT2D eigenvalue weighted by molar-refractivity contribution is 6.08. The van der Waals surface area contributed by atoms with Crippen molar-refractivity contribution in [1.29, 1.82) is 0 Å². The molecule has 32 heavy (non-hydrogen) atoms. The Labute approximate surface area is 187 Å². The van der Waals surface area contributed by atoms with Crippen LogP contribution in [0.2, 0.25) is 0 Å². The van der Waals surface area contributed by atoms with Crippen molar-refractivity contribution >= 4 is 17.8 Å². The molecule has 0 spiro atoms. The van der Waals surface area contributed by atoms with Crippen molar-refractivity contribution in [3.8, 4) is 11.8 Å². The van der Waals surface area contributed by atoms with Crippen molar-refractivity contribution in [2.45, 2.75) is 18.9 Å². The lowest BCUT2D eigenvalue weighted by atomic mass is 9.88. The first kappa shape index (κ1) is 21.7.